The molecule has 1 aromatic rings. The van der Waals surface area contributed by atoms with E-state index in [0.29, 0.717) is 12.2 Å². The van der Waals surface area contributed by atoms with Gasteiger partial charge in [-0.2, -0.15) is 0 Å². The summed E-state index contributed by atoms with van der Waals surface area (Å²) in [7, 11) is -3.00. The molecule has 0 saturated carbocycles. The van der Waals surface area contributed by atoms with Crippen LogP contribution in [-0.2, 0) is 15.3 Å². The van der Waals surface area contributed by atoms with Gasteiger partial charge < -0.3 is 5.32 Å². The van der Waals surface area contributed by atoms with Crippen LogP contribution in [0, 0.1) is 0 Å². The van der Waals surface area contributed by atoms with Gasteiger partial charge >= 0.3 is 0 Å². The molecule has 0 radical (unpaired) electrons. The zero-order chi connectivity index (χ0) is 14.3. The van der Waals surface area contributed by atoms with Gasteiger partial charge in [0.05, 0.1) is 11.5 Å². The number of aromatic nitrogens is 3. The molecule has 0 bridgehead atoms. The second-order valence-corrected chi connectivity index (χ2v) is 8.06. The molecule has 1 amide bonds. The summed E-state index contributed by atoms with van der Waals surface area (Å²) in [6.45, 7) is 5.87. The summed E-state index contributed by atoms with van der Waals surface area (Å²) in [5.41, 5.74) is -0.220. The van der Waals surface area contributed by atoms with Gasteiger partial charge in [0.2, 0.25) is 5.82 Å². The third-order valence-electron chi connectivity index (χ3n) is 2.97. The summed E-state index contributed by atoms with van der Waals surface area (Å²) in [6, 6.07) is -0.339. The van der Waals surface area contributed by atoms with Gasteiger partial charge in [-0.15, -0.1) is 5.10 Å². The van der Waals surface area contributed by atoms with Crippen LogP contribution < -0.4 is 5.32 Å². The van der Waals surface area contributed by atoms with Crippen LogP contribution in [0.25, 0.3) is 0 Å². The summed E-state index contributed by atoms with van der Waals surface area (Å²) >= 11 is 0. The second-order valence-electron chi connectivity index (χ2n) is 5.83. The van der Waals surface area contributed by atoms with E-state index in [9.17, 15) is 13.2 Å². The van der Waals surface area contributed by atoms with Crippen molar-refractivity contribution in [2.24, 2.45) is 0 Å². The van der Waals surface area contributed by atoms with Crippen LogP contribution in [0.15, 0.2) is 0 Å². The van der Waals surface area contributed by atoms with Crippen LogP contribution >= 0.6 is 0 Å². The zero-order valence-corrected chi connectivity index (χ0v) is 12.0. The van der Waals surface area contributed by atoms with Crippen LogP contribution in [0.5, 0.6) is 0 Å². The topological polar surface area (TPSA) is 105 Å². The number of amides is 1. The van der Waals surface area contributed by atoms with Gasteiger partial charge in [-0.3, -0.25) is 9.89 Å². The Hall–Kier alpha value is -1.44. The highest BCUT2D eigenvalue weighted by molar-refractivity contribution is 7.91. The molecule has 1 aliphatic heterocycles. The number of nitrogens with one attached hydrogen (secondary N) is 2. The van der Waals surface area contributed by atoms with Gasteiger partial charge in [-0.1, -0.05) is 20.8 Å². The number of sulfone groups is 1. The third-order valence-corrected chi connectivity index (χ3v) is 4.73. The highest BCUT2D eigenvalue weighted by Gasteiger charge is 2.30. The van der Waals surface area contributed by atoms with E-state index in [-0.39, 0.29) is 28.8 Å². The van der Waals surface area contributed by atoms with Crippen molar-refractivity contribution in [1.82, 2.24) is 20.5 Å². The molecule has 1 atom stereocenters. The number of aromatic amines is 1. The fourth-order valence-corrected chi connectivity index (χ4v) is 3.53. The van der Waals surface area contributed by atoms with Crippen molar-refractivity contribution in [3.63, 3.8) is 0 Å². The Morgan fingerprint density at radius 1 is 1.42 bits per heavy atom. The van der Waals surface area contributed by atoms with Crippen LogP contribution in [0.1, 0.15) is 43.6 Å². The van der Waals surface area contributed by atoms with Crippen LogP contribution in [0.4, 0.5) is 0 Å². The maximum absolute atomic E-state index is 11.9. The number of hydrogen-bond donors (Lipinski definition) is 2. The van der Waals surface area contributed by atoms with Crippen molar-refractivity contribution >= 4 is 15.7 Å². The predicted octanol–water partition coefficient (Wildman–Crippen LogP) is 0.0191. The maximum Gasteiger partial charge on any atom is 0.291 e. The zero-order valence-electron chi connectivity index (χ0n) is 11.2. The molecule has 1 aliphatic rings. The second kappa shape index (κ2) is 4.59. The van der Waals surface area contributed by atoms with Crippen LogP contribution in [0.2, 0.25) is 0 Å². The predicted molar refractivity (Wildman–Crippen MR) is 69.6 cm³/mol. The molecule has 2 heterocycles. The largest absolute Gasteiger partial charge is 0.345 e. The fraction of sp³-hybridized carbons (Fsp3) is 0.727. The fourth-order valence-electron chi connectivity index (χ4n) is 1.86. The molecule has 7 nitrogen and oxygen atoms in total. The maximum atomic E-state index is 11.9. The SMILES string of the molecule is CC(C)(C)c1nc(C(=O)NC2CCS(=O)(=O)C2)n[nH]1. The standard InChI is InChI=1S/C11H18N4O3S/c1-11(2,3)10-13-8(14-15-10)9(16)12-7-4-5-19(17,18)6-7/h7H,4-6H2,1-3H3,(H,12,16)(H,13,14,15). The van der Waals surface area contributed by atoms with E-state index in [2.05, 4.69) is 20.5 Å². The molecule has 1 saturated heterocycles. The van der Waals surface area contributed by atoms with Crippen molar-refractivity contribution in [1.29, 1.82) is 0 Å². The lowest BCUT2D eigenvalue weighted by atomic mass is 9.96. The van der Waals surface area contributed by atoms with E-state index in [1.54, 1.807) is 0 Å². The highest BCUT2D eigenvalue weighted by Crippen LogP contribution is 2.17. The van der Waals surface area contributed by atoms with Crippen molar-refractivity contribution < 1.29 is 13.2 Å². The lowest BCUT2D eigenvalue weighted by Gasteiger charge is -2.13. The number of rotatable bonds is 2. The van der Waals surface area contributed by atoms with Gasteiger partial charge in [0.15, 0.2) is 9.84 Å². The Balaban J connectivity index is 2.03. The van der Waals surface area contributed by atoms with E-state index < -0.39 is 15.7 Å². The molecule has 1 fully saturated rings. The van der Waals surface area contributed by atoms with Gasteiger partial charge in [-0.25, -0.2) is 13.4 Å². The first-order valence-corrected chi connectivity index (χ1v) is 7.94. The third kappa shape index (κ3) is 3.31. The van der Waals surface area contributed by atoms with Crippen molar-refractivity contribution in [2.45, 2.75) is 38.6 Å². The minimum Gasteiger partial charge on any atom is -0.345 e. The number of nitrogens with zero attached hydrogens (tertiary/aromatic N) is 2. The average molecular weight is 286 g/mol. The summed E-state index contributed by atoms with van der Waals surface area (Å²) in [6.07, 6.45) is 0.449. The quantitative estimate of drug-likeness (QED) is 0.797. The Bertz CT molecular complexity index is 585. The molecule has 19 heavy (non-hydrogen) atoms. The smallest absolute Gasteiger partial charge is 0.291 e. The Labute approximate surface area is 112 Å². The molecule has 1 aromatic heterocycles. The first kappa shape index (κ1) is 14.0. The summed E-state index contributed by atoms with van der Waals surface area (Å²) < 4.78 is 22.6. The van der Waals surface area contributed by atoms with Crippen LogP contribution in [-0.4, -0.2) is 47.1 Å². The molecular formula is C11H18N4O3S. The highest BCUT2D eigenvalue weighted by atomic mass is 32.2. The number of carbonyl (C=O) groups is 1. The van der Waals surface area contributed by atoms with E-state index in [1.807, 2.05) is 20.8 Å². The van der Waals surface area contributed by atoms with Crippen LogP contribution in [0.3, 0.4) is 0 Å². The first-order valence-electron chi connectivity index (χ1n) is 6.11. The van der Waals surface area contributed by atoms with Crippen molar-refractivity contribution in [3.8, 4) is 0 Å². The number of hydrogen-bond acceptors (Lipinski definition) is 5. The van der Waals surface area contributed by atoms with E-state index in [4.69, 9.17) is 0 Å². The molecule has 2 N–H and O–H groups in total. The Morgan fingerprint density at radius 2 is 2.11 bits per heavy atom. The monoisotopic (exact) mass is 286 g/mol. The minimum absolute atomic E-state index is 0.00467. The lowest BCUT2D eigenvalue weighted by molar-refractivity contribution is 0.0931. The molecule has 106 valence electrons. The molecule has 0 aromatic carbocycles. The molecule has 1 unspecified atom stereocenters. The first-order chi connectivity index (χ1) is 8.67. The number of carbonyl (C=O) groups excluding carboxylic acids is 1. The minimum atomic E-state index is -3.00. The van der Waals surface area contributed by atoms with E-state index in [0.717, 1.165) is 0 Å². The molecule has 0 spiro atoms. The van der Waals surface area contributed by atoms with Gasteiger partial charge in [0, 0.05) is 11.5 Å². The lowest BCUT2D eigenvalue weighted by Crippen LogP contribution is -2.36. The number of H-pyrrole nitrogens is 1. The average Bonchev–Trinajstić information content (AvgIpc) is 2.84. The van der Waals surface area contributed by atoms with E-state index in [1.165, 1.54) is 0 Å². The summed E-state index contributed by atoms with van der Waals surface area (Å²) in [5.74, 6) is 0.355. The summed E-state index contributed by atoms with van der Waals surface area (Å²) in [5, 5.41) is 9.24. The molecular weight excluding hydrogens is 268 g/mol. The molecule has 8 heteroatoms. The van der Waals surface area contributed by atoms with Crippen molar-refractivity contribution in [2.75, 3.05) is 11.5 Å². The Kier molecular flexibility index (Phi) is 3.38. The van der Waals surface area contributed by atoms with E-state index >= 15 is 0 Å². The summed E-state index contributed by atoms with van der Waals surface area (Å²) in [4.78, 5) is 16.0. The van der Waals surface area contributed by atoms with Crippen molar-refractivity contribution in [3.05, 3.63) is 11.6 Å². The molecule has 2 rings (SSSR count). The van der Waals surface area contributed by atoms with Gasteiger partial charge in [-0.05, 0) is 6.42 Å². The normalized spacial score (nSPS) is 22.4. The van der Waals surface area contributed by atoms with Gasteiger partial charge in [0.25, 0.3) is 5.91 Å². The molecule has 0 aliphatic carbocycles. The Morgan fingerprint density at radius 3 is 2.58 bits per heavy atom. The van der Waals surface area contributed by atoms with Gasteiger partial charge in [0.1, 0.15) is 5.82 Å².